The van der Waals surface area contributed by atoms with E-state index in [1.165, 1.54) is 6.07 Å². The Hall–Kier alpha value is -2.88. The van der Waals surface area contributed by atoms with E-state index in [0.717, 1.165) is 11.5 Å². The maximum atomic E-state index is 13.5. The molecule has 0 atom stereocenters. The standard InChI is InChI=1S/C29H31Cl2NO7S/c1-6-38-20-9-14(7-8-19(20)39-27(37)25-24(30)26(31)40-32-25)21(22-15(33)10-28(2,3)11-16(22)34)23-17(35)12-29(4,5)13-18(23)36/h7-9,21,33,35H,6,10-13H2,1-5H3. The summed E-state index contributed by atoms with van der Waals surface area (Å²) in [6.07, 6.45) is 0.815. The highest BCUT2D eigenvalue weighted by Crippen LogP contribution is 2.49. The van der Waals surface area contributed by atoms with Gasteiger partial charge in [-0.25, -0.2) is 4.79 Å². The van der Waals surface area contributed by atoms with Crippen molar-refractivity contribution in [1.82, 2.24) is 4.37 Å². The van der Waals surface area contributed by atoms with Crippen molar-refractivity contribution < 1.29 is 34.1 Å². The van der Waals surface area contributed by atoms with Crippen LogP contribution in [0.15, 0.2) is 40.9 Å². The Labute approximate surface area is 246 Å². The summed E-state index contributed by atoms with van der Waals surface area (Å²) in [5, 5.41) is 22.2. The molecule has 0 fully saturated rings. The molecular weight excluding hydrogens is 577 g/mol. The van der Waals surface area contributed by atoms with Crippen LogP contribution < -0.4 is 9.47 Å². The van der Waals surface area contributed by atoms with Gasteiger partial charge in [-0.2, -0.15) is 4.37 Å². The number of hydrogen-bond donors (Lipinski definition) is 2. The number of halogens is 2. The molecule has 0 saturated carbocycles. The van der Waals surface area contributed by atoms with Gasteiger partial charge in [0, 0.05) is 42.7 Å². The van der Waals surface area contributed by atoms with Crippen LogP contribution in [0.25, 0.3) is 0 Å². The number of benzene rings is 1. The number of hydrogen-bond acceptors (Lipinski definition) is 9. The van der Waals surface area contributed by atoms with Gasteiger partial charge in [-0.15, -0.1) is 0 Å². The van der Waals surface area contributed by atoms with Crippen molar-refractivity contribution in [3.05, 3.63) is 61.5 Å². The monoisotopic (exact) mass is 607 g/mol. The van der Waals surface area contributed by atoms with E-state index >= 15 is 0 Å². The molecule has 0 unspecified atom stereocenters. The highest BCUT2D eigenvalue weighted by Gasteiger charge is 2.44. The molecule has 2 aliphatic rings. The summed E-state index contributed by atoms with van der Waals surface area (Å²) < 4.78 is 15.4. The summed E-state index contributed by atoms with van der Waals surface area (Å²) in [5.74, 6) is -2.52. The molecule has 11 heteroatoms. The maximum absolute atomic E-state index is 13.5. The molecule has 8 nitrogen and oxygen atoms in total. The molecule has 2 aliphatic carbocycles. The zero-order chi connectivity index (χ0) is 29.6. The molecule has 1 heterocycles. The van der Waals surface area contributed by atoms with Gasteiger partial charge in [0.05, 0.1) is 6.61 Å². The highest BCUT2D eigenvalue weighted by atomic mass is 35.5. The van der Waals surface area contributed by atoms with Crippen LogP contribution >= 0.6 is 34.7 Å². The Balaban J connectivity index is 1.85. The van der Waals surface area contributed by atoms with Crippen molar-refractivity contribution in [2.24, 2.45) is 10.8 Å². The maximum Gasteiger partial charge on any atom is 0.365 e. The number of esters is 1. The van der Waals surface area contributed by atoms with Crippen LogP contribution in [0.4, 0.5) is 0 Å². The molecule has 0 aliphatic heterocycles. The summed E-state index contributed by atoms with van der Waals surface area (Å²) in [6.45, 7) is 9.50. The van der Waals surface area contributed by atoms with Gasteiger partial charge in [0.2, 0.25) is 0 Å². The Morgan fingerprint density at radius 3 is 1.98 bits per heavy atom. The number of aliphatic hydroxyl groups is 2. The average Bonchev–Trinajstić information content (AvgIpc) is 3.15. The van der Waals surface area contributed by atoms with Crippen LogP contribution in [-0.2, 0) is 9.59 Å². The average molecular weight is 609 g/mol. The number of nitrogens with zero attached hydrogens (tertiary/aromatic N) is 1. The Morgan fingerprint density at radius 1 is 0.975 bits per heavy atom. The molecule has 0 saturated heterocycles. The molecular formula is C29H31Cl2NO7S. The minimum atomic E-state index is -1.04. The topological polar surface area (TPSA) is 123 Å². The predicted octanol–water partition coefficient (Wildman–Crippen LogP) is 7.55. The molecule has 214 valence electrons. The summed E-state index contributed by atoms with van der Waals surface area (Å²) in [5.41, 5.74) is -0.494. The molecule has 1 aromatic heterocycles. The first-order valence-corrected chi connectivity index (χ1v) is 14.4. The zero-order valence-electron chi connectivity index (χ0n) is 22.9. The molecule has 0 amide bonds. The van der Waals surface area contributed by atoms with Crippen molar-refractivity contribution in [1.29, 1.82) is 0 Å². The molecule has 1 aromatic carbocycles. The van der Waals surface area contributed by atoms with E-state index in [9.17, 15) is 24.6 Å². The number of ether oxygens (including phenoxy) is 2. The van der Waals surface area contributed by atoms with Crippen molar-refractivity contribution >= 4 is 52.3 Å². The second kappa shape index (κ2) is 11.2. The summed E-state index contributed by atoms with van der Waals surface area (Å²) in [6, 6.07) is 4.59. The third kappa shape index (κ3) is 6.06. The van der Waals surface area contributed by atoms with Crippen molar-refractivity contribution in [3.8, 4) is 11.5 Å². The van der Waals surface area contributed by atoms with Crippen LogP contribution in [0, 0.1) is 10.8 Å². The molecule has 0 bridgehead atoms. The smallest absolute Gasteiger partial charge is 0.365 e. The number of Topliss-reactive ketones (excluding diaryl/α,β-unsaturated/α-hetero) is 2. The second-order valence-electron chi connectivity index (χ2n) is 11.7. The summed E-state index contributed by atoms with van der Waals surface area (Å²) >= 11 is 12.8. The van der Waals surface area contributed by atoms with Crippen molar-refractivity contribution in [3.63, 3.8) is 0 Å². The van der Waals surface area contributed by atoms with Gasteiger partial charge in [-0.1, -0.05) is 57.0 Å². The van der Waals surface area contributed by atoms with E-state index in [-0.39, 0.29) is 93.1 Å². The third-order valence-electron chi connectivity index (χ3n) is 6.96. The SMILES string of the molecule is CCOc1cc(C(C2=C(O)CC(C)(C)CC2=O)C2=C(O)CC(C)(C)CC2=O)ccc1OC(=O)c1nsc(Cl)c1Cl. The first-order chi connectivity index (χ1) is 18.6. The Morgan fingerprint density at radius 2 is 1.52 bits per heavy atom. The van der Waals surface area contributed by atoms with Crippen molar-refractivity contribution in [2.45, 2.75) is 66.2 Å². The van der Waals surface area contributed by atoms with Gasteiger partial charge in [-0.05, 0) is 47.0 Å². The normalized spacial score (nSPS) is 18.9. The lowest BCUT2D eigenvalue weighted by atomic mass is 9.67. The van der Waals surface area contributed by atoms with E-state index in [1.54, 1.807) is 19.1 Å². The van der Waals surface area contributed by atoms with E-state index in [2.05, 4.69) is 4.37 Å². The fourth-order valence-electron chi connectivity index (χ4n) is 5.33. The van der Waals surface area contributed by atoms with Gasteiger partial charge in [0.1, 0.15) is 20.9 Å². The van der Waals surface area contributed by atoms with Crippen molar-refractivity contribution in [2.75, 3.05) is 6.61 Å². The molecule has 4 rings (SSSR count). The highest BCUT2D eigenvalue weighted by molar-refractivity contribution is 7.11. The van der Waals surface area contributed by atoms with Crippen LogP contribution in [-0.4, -0.2) is 38.7 Å². The fraction of sp³-hybridized carbons (Fsp3) is 0.448. The van der Waals surface area contributed by atoms with E-state index in [0.29, 0.717) is 5.56 Å². The number of carbonyl (C=O) groups excluding carboxylic acids is 3. The first kappa shape index (κ1) is 30.1. The van der Waals surface area contributed by atoms with E-state index < -0.39 is 22.7 Å². The minimum Gasteiger partial charge on any atom is -0.512 e. The number of rotatable bonds is 7. The lowest BCUT2D eigenvalue weighted by Crippen LogP contribution is -2.33. The Bertz CT molecular complexity index is 1400. The number of aliphatic hydroxyl groups excluding tert-OH is 2. The summed E-state index contributed by atoms with van der Waals surface area (Å²) in [7, 11) is 0. The molecule has 0 radical (unpaired) electrons. The van der Waals surface area contributed by atoms with Crippen LogP contribution in [0.5, 0.6) is 11.5 Å². The van der Waals surface area contributed by atoms with Gasteiger partial charge < -0.3 is 19.7 Å². The van der Waals surface area contributed by atoms with Gasteiger partial charge in [-0.3, -0.25) is 9.59 Å². The van der Waals surface area contributed by atoms with E-state index in [4.69, 9.17) is 32.7 Å². The van der Waals surface area contributed by atoms with Crippen LogP contribution in [0.3, 0.4) is 0 Å². The third-order valence-corrected chi connectivity index (χ3v) is 8.58. The largest absolute Gasteiger partial charge is 0.512 e. The lowest BCUT2D eigenvalue weighted by molar-refractivity contribution is -0.119. The van der Waals surface area contributed by atoms with Crippen LogP contribution in [0.1, 0.15) is 82.3 Å². The second-order valence-corrected chi connectivity index (χ2v) is 13.4. The first-order valence-electron chi connectivity index (χ1n) is 12.8. The number of aromatic nitrogens is 1. The van der Waals surface area contributed by atoms with Crippen LogP contribution in [0.2, 0.25) is 9.36 Å². The Kier molecular flexibility index (Phi) is 8.41. The zero-order valence-corrected chi connectivity index (χ0v) is 25.2. The number of ketones is 2. The lowest BCUT2D eigenvalue weighted by Gasteiger charge is -2.36. The molecule has 0 spiro atoms. The minimum absolute atomic E-state index is 0.0198. The van der Waals surface area contributed by atoms with Gasteiger partial charge in [0.25, 0.3) is 0 Å². The molecule has 2 N–H and O–H groups in total. The predicted molar refractivity (Wildman–Crippen MR) is 153 cm³/mol. The van der Waals surface area contributed by atoms with Gasteiger partial charge >= 0.3 is 5.97 Å². The number of allylic oxidation sites excluding steroid dienone is 4. The van der Waals surface area contributed by atoms with E-state index in [1.807, 2.05) is 27.7 Å². The summed E-state index contributed by atoms with van der Waals surface area (Å²) in [4.78, 5) is 39.7. The van der Waals surface area contributed by atoms with Gasteiger partial charge in [0.15, 0.2) is 28.8 Å². The molecule has 40 heavy (non-hydrogen) atoms. The number of carbonyl (C=O) groups is 3. The fourth-order valence-corrected chi connectivity index (χ4v) is 6.31. The quantitative estimate of drug-likeness (QED) is 0.244. The molecule has 2 aromatic rings.